The van der Waals surface area contributed by atoms with E-state index in [2.05, 4.69) is 237 Å². The first-order chi connectivity index (χ1) is 33.0. The van der Waals surface area contributed by atoms with Crippen LogP contribution in [0, 0.1) is 0 Å². The molecular formula is C64H43NOS. The molecule has 14 rings (SSSR count). The first kappa shape index (κ1) is 38.4. The van der Waals surface area contributed by atoms with Crippen molar-refractivity contribution in [3.8, 4) is 67.1 Å². The summed E-state index contributed by atoms with van der Waals surface area (Å²) < 4.78 is 6.61. The van der Waals surface area contributed by atoms with Gasteiger partial charge in [-0.1, -0.05) is 195 Å². The zero-order chi connectivity index (χ0) is 44.4. The lowest BCUT2D eigenvalue weighted by Gasteiger charge is -2.31. The molecule has 0 fully saturated rings. The van der Waals surface area contributed by atoms with Gasteiger partial charge in [-0.3, -0.25) is 0 Å². The van der Waals surface area contributed by atoms with Crippen molar-refractivity contribution >= 4 is 28.8 Å². The molecular weight excluding hydrogens is 831 g/mol. The van der Waals surface area contributed by atoms with Crippen LogP contribution in [0.15, 0.2) is 234 Å². The molecule has 1 unspecified atom stereocenters. The summed E-state index contributed by atoms with van der Waals surface area (Å²) in [6.07, 6.45) is 0. The zero-order valence-corrected chi connectivity index (χ0v) is 37.9. The van der Waals surface area contributed by atoms with Gasteiger partial charge in [0, 0.05) is 28.0 Å². The van der Waals surface area contributed by atoms with Crippen LogP contribution in [0.4, 0.5) is 17.1 Å². The molecule has 10 aromatic carbocycles. The SMILES string of the molecule is CC1(C)c2ccccc2-c2ccc(N(c3ccc(-c4ccccc4)cc3)c3ccc(-c4cccc5c4-c4ccccc4C54c5ccccc5-c5c4ccc4c5Sc5ccccc5O4)cc3)cc21. The van der Waals surface area contributed by atoms with E-state index >= 15 is 0 Å². The van der Waals surface area contributed by atoms with E-state index in [9.17, 15) is 0 Å². The lowest BCUT2D eigenvalue weighted by atomic mass is 9.70. The first-order valence-corrected chi connectivity index (χ1v) is 24.1. The van der Waals surface area contributed by atoms with E-state index in [1.807, 2.05) is 17.8 Å². The van der Waals surface area contributed by atoms with E-state index in [0.29, 0.717) is 0 Å². The number of hydrogen-bond acceptors (Lipinski definition) is 3. The second-order valence-electron chi connectivity index (χ2n) is 18.7. The molecule has 0 aromatic heterocycles. The maximum atomic E-state index is 6.61. The third-order valence-corrected chi connectivity index (χ3v) is 16.1. The van der Waals surface area contributed by atoms with Gasteiger partial charge in [0.1, 0.15) is 11.5 Å². The number of nitrogens with zero attached hydrogens (tertiary/aromatic N) is 1. The van der Waals surface area contributed by atoms with E-state index in [4.69, 9.17) is 4.74 Å². The Morgan fingerprint density at radius 3 is 1.64 bits per heavy atom. The molecule has 0 N–H and O–H groups in total. The molecule has 1 spiro atoms. The van der Waals surface area contributed by atoms with Crippen LogP contribution in [-0.2, 0) is 10.8 Å². The fourth-order valence-corrected chi connectivity index (χ4v) is 13.1. The van der Waals surface area contributed by atoms with Gasteiger partial charge in [0.15, 0.2) is 0 Å². The van der Waals surface area contributed by atoms with Crippen LogP contribution in [0.1, 0.15) is 47.2 Å². The van der Waals surface area contributed by atoms with Gasteiger partial charge >= 0.3 is 0 Å². The first-order valence-electron chi connectivity index (χ1n) is 23.2. The predicted octanol–water partition coefficient (Wildman–Crippen LogP) is 17.4. The minimum atomic E-state index is -0.482. The summed E-state index contributed by atoms with van der Waals surface area (Å²) in [7, 11) is 0. The number of fused-ring (bicyclic) bond motifs is 16. The van der Waals surface area contributed by atoms with Crippen molar-refractivity contribution in [2.45, 2.75) is 34.5 Å². The summed E-state index contributed by atoms with van der Waals surface area (Å²) in [4.78, 5) is 4.76. The number of ether oxygens (including phenoxy) is 1. The Morgan fingerprint density at radius 2 is 0.896 bits per heavy atom. The van der Waals surface area contributed by atoms with Gasteiger partial charge in [0.2, 0.25) is 0 Å². The van der Waals surface area contributed by atoms with Gasteiger partial charge in [-0.2, -0.15) is 0 Å². The highest BCUT2D eigenvalue weighted by Gasteiger charge is 2.53. The Kier molecular flexibility index (Phi) is 8.21. The molecule has 3 heteroatoms. The second kappa shape index (κ2) is 14.3. The standard InChI is InChI=1S/C64H43NOS/c1-63(2)51-21-9-6-17-47(51)48-36-35-45(39-56(48)63)65(43-31-27-41(28-32-43)40-15-4-3-5-16-40)44-33-29-42(30-34-44)46-20-14-24-54-60(46)49-18-7-10-22-52(49)64(54)53-23-11-8-19-50(53)61-55(64)37-38-58-62(61)67-59-26-13-12-25-57(59)66-58/h3-39H,1-2H3. The average Bonchev–Trinajstić information content (AvgIpc) is 3.95. The zero-order valence-electron chi connectivity index (χ0n) is 37.1. The maximum Gasteiger partial charge on any atom is 0.142 e. The Bertz CT molecular complexity index is 3660. The molecule has 0 saturated carbocycles. The van der Waals surface area contributed by atoms with E-state index < -0.39 is 5.41 Å². The number of benzene rings is 10. The third-order valence-electron chi connectivity index (χ3n) is 15.0. The molecule has 0 amide bonds. The average molecular weight is 874 g/mol. The van der Waals surface area contributed by atoms with Gasteiger partial charge in [-0.15, -0.1) is 0 Å². The van der Waals surface area contributed by atoms with Crippen molar-refractivity contribution < 1.29 is 4.74 Å². The summed E-state index contributed by atoms with van der Waals surface area (Å²) in [6, 6.07) is 83.0. The van der Waals surface area contributed by atoms with E-state index in [1.165, 1.54) is 93.9 Å². The van der Waals surface area contributed by atoms with Crippen LogP contribution in [0.5, 0.6) is 11.5 Å². The van der Waals surface area contributed by atoms with Crippen molar-refractivity contribution in [3.05, 3.63) is 258 Å². The van der Waals surface area contributed by atoms with Gasteiger partial charge in [-0.25, -0.2) is 0 Å². The lowest BCUT2D eigenvalue weighted by Crippen LogP contribution is -2.25. The highest BCUT2D eigenvalue weighted by atomic mass is 32.2. The van der Waals surface area contributed by atoms with Crippen molar-refractivity contribution in [1.29, 1.82) is 0 Å². The van der Waals surface area contributed by atoms with Gasteiger partial charge in [0.25, 0.3) is 0 Å². The monoisotopic (exact) mass is 873 g/mol. The van der Waals surface area contributed by atoms with Crippen LogP contribution in [0.25, 0.3) is 55.6 Å². The molecule has 0 bridgehead atoms. The molecule has 3 aliphatic carbocycles. The highest BCUT2D eigenvalue weighted by molar-refractivity contribution is 7.99. The molecule has 1 heterocycles. The minimum absolute atomic E-state index is 0.117. The summed E-state index contributed by atoms with van der Waals surface area (Å²) in [6.45, 7) is 4.72. The molecule has 0 saturated heterocycles. The molecule has 10 aromatic rings. The van der Waals surface area contributed by atoms with Crippen molar-refractivity contribution in [2.24, 2.45) is 0 Å². The summed E-state index contributed by atoms with van der Waals surface area (Å²) in [5, 5.41) is 0. The molecule has 2 nitrogen and oxygen atoms in total. The van der Waals surface area contributed by atoms with Crippen LogP contribution in [-0.4, -0.2) is 0 Å². The van der Waals surface area contributed by atoms with Gasteiger partial charge in [0.05, 0.1) is 15.2 Å². The molecule has 67 heavy (non-hydrogen) atoms. The van der Waals surface area contributed by atoms with Crippen molar-refractivity contribution in [1.82, 2.24) is 0 Å². The van der Waals surface area contributed by atoms with Gasteiger partial charge < -0.3 is 9.64 Å². The molecule has 4 aliphatic rings. The Labute approximate surface area is 395 Å². The largest absolute Gasteiger partial charge is 0.455 e. The second-order valence-corrected chi connectivity index (χ2v) is 19.8. The topological polar surface area (TPSA) is 12.5 Å². The van der Waals surface area contributed by atoms with Gasteiger partial charge in [-0.05, 0) is 138 Å². The van der Waals surface area contributed by atoms with Crippen molar-refractivity contribution in [2.75, 3.05) is 4.90 Å². The smallest absolute Gasteiger partial charge is 0.142 e. The lowest BCUT2D eigenvalue weighted by molar-refractivity contribution is 0.454. The quantitative estimate of drug-likeness (QED) is 0.171. The summed E-state index contributed by atoms with van der Waals surface area (Å²) >= 11 is 1.83. The summed E-state index contributed by atoms with van der Waals surface area (Å²) in [5.41, 5.74) is 23.4. The van der Waals surface area contributed by atoms with Crippen LogP contribution < -0.4 is 9.64 Å². The Balaban J connectivity index is 0.913. The Hall–Kier alpha value is -7.85. The molecule has 0 radical (unpaired) electrons. The predicted molar refractivity (Wildman–Crippen MR) is 276 cm³/mol. The van der Waals surface area contributed by atoms with E-state index in [-0.39, 0.29) is 5.41 Å². The van der Waals surface area contributed by atoms with Crippen LogP contribution >= 0.6 is 11.8 Å². The number of anilines is 3. The maximum absolute atomic E-state index is 6.61. The fourth-order valence-electron chi connectivity index (χ4n) is 12.0. The number of rotatable bonds is 5. The number of para-hydroxylation sites is 1. The Morgan fingerprint density at radius 1 is 0.358 bits per heavy atom. The van der Waals surface area contributed by atoms with Crippen molar-refractivity contribution in [3.63, 3.8) is 0 Å². The van der Waals surface area contributed by atoms with E-state index in [1.54, 1.807) is 0 Å². The fraction of sp³-hybridized carbons (Fsp3) is 0.0625. The van der Waals surface area contributed by atoms with E-state index in [0.717, 1.165) is 33.5 Å². The third kappa shape index (κ3) is 5.41. The minimum Gasteiger partial charge on any atom is -0.455 e. The summed E-state index contributed by atoms with van der Waals surface area (Å²) in [5.74, 6) is 1.84. The normalized spacial score (nSPS) is 15.9. The molecule has 1 aliphatic heterocycles. The molecule has 1 atom stereocenters. The highest BCUT2D eigenvalue weighted by Crippen LogP contribution is 2.67. The van der Waals surface area contributed by atoms with Crippen LogP contribution in [0.2, 0.25) is 0 Å². The molecule has 316 valence electrons. The van der Waals surface area contributed by atoms with Crippen LogP contribution in [0.3, 0.4) is 0 Å². The number of hydrogen-bond donors (Lipinski definition) is 0.